The molecule has 1 heteroatoms. The zero-order chi connectivity index (χ0) is 12.1. The van der Waals surface area contributed by atoms with E-state index in [1.807, 2.05) is 27.7 Å². The molecule has 1 aromatic heterocycles. The maximum Gasteiger partial charge on any atom is 0.0149 e. The Kier molecular flexibility index (Phi) is 14.8. The monoisotopic (exact) mass is 211 g/mol. The first-order valence-electron chi connectivity index (χ1n) is 6.53. The molecule has 0 aliphatic rings. The van der Waals surface area contributed by atoms with Gasteiger partial charge in [0.05, 0.1) is 0 Å². The van der Waals surface area contributed by atoms with E-state index in [2.05, 4.69) is 31.0 Å². The van der Waals surface area contributed by atoms with Gasteiger partial charge in [-0.25, -0.2) is 0 Å². The van der Waals surface area contributed by atoms with Gasteiger partial charge in [-0.15, -0.1) is 0 Å². The predicted octanol–water partition coefficient (Wildman–Crippen LogP) is 4.97. The van der Waals surface area contributed by atoms with Crippen LogP contribution in [0.1, 0.15) is 65.8 Å². The van der Waals surface area contributed by atoms with Crippen LogP contribution >= 0.6 is 0 Å². The molecule has 1 heterocycles. The normalized spacial score (nSPS) is 8.40. The van der Waals surface area contributed by atoms with Crippen molar-refractivity contribution in [3.05, 3.63) is 23.5 Å². The summed E-state index contributed by atoms with van der Waals surface area (Å²) in [6.45, 7) is 12.4. The second-order valence-corrected chi connectivity index (χ2v) is 3.01. The molecule has 0 unspecified atom stereocenters. The van der Waals surface area contributed by atoms with Crippen molar-refractivity contribution in [1.29, 1.82) is 0 Å². The van der Waals surface area contributed by atoms with Crippen molar-refractivity contribution in [1.82, 2.24) is 4.98 Å². The molecule has 0 aliphatic carbocycles. The van der Waals surface area contributed by atoms with Crippen LogP contribution in [-0.4, -0.2) is 4.98 Å². The van der Waals surface area contributed by atoms with Gasteiger partial charge in [0.1, 0.15) is 0 Å². The van der Waals surface area contributed by atoms with Crippen molar-refractivity contribution in [2.75, 3.05) is 0 Å². The molecular weight excluding hydrogens is 182 g/mol. The van der Waals surface area contributed by atoms with Crippen LogP contribution in [0.3, 0.4) is 0 Å². The van der Waals surface area contributed by atoms with Gasteiger partial charge in [-0.2, -0.15) is 0 Å². The van der Waals surface area contributed by atoms with Crippen molar-refractivity contribution in [2.24, 2.45) is 0 Å². The molecule has 1 nitrogen and oxygen atoms in total. The summed E-state index contributed by atoms with van der Waals surface area (Å²) in [7, 11) is 0. The van der Waals surface area contributed by atoms with Gasteiger partial charge in [0, 0.05) is 11.4 Å². The van der Waals surface area contributed by atoms with Crippen molar-refractivity contribution >= 4 is 0 Å². The highest BCUT2D eigenvalue weighted by atomic mass is 14.7. The van der Waals surface area contributed by atoms with Crippen LogP contribution in [-0.2, 0) is 12.8 Å². The summed E-state index contributed by atoms with van der Waals surface area (Å²) in [5, 5.41) is 0. The zero-order valence-electron chi connectivity index (χ0n) is 11.5. The second-order valence-electron chi connectivity index (χ2n) is 3.01. The van der Waals surface area contributed by atoms with E-state index in [4.69, 9.17) is 0 Å². The van der Waals surface area contributed by atoms with Crippen molar-refractivity contribution in [3.8, 4) is 0 Å². The Balaban J connectivity index is 0. The Morgan fingerprint density at radius 2 is 1.13 bits per heavy atom. The first-order valence-corrected chi connectivity index (χ1v) is 6.53. The fourth-order valence-electron chi connectivity index (χ4n) is 1.32. The van der Waals surface area contributed by atoms with Crippen LogP contribution in [0, 0.1) is 0 Å². The van der Waals surface area contributed by atoms with Crippen molar-refractivity contribution in [3.63, 3.8) is 0 Å². The first kappa shape index (κ1) is 16.7. The third kappa shape index (κ3) is 8.29. The number of rotatable bonds is 4. The van der Waals surface area contributed by atoms with Gasteiger partial charge in [0.15, 0.2) is 0 Å². The van der Waals surface area contributed by atoms with Crippen LogP contribution in [0.2, 0.25) is 0 Å². The Labute approximate surface area is 96.3 Å². The average Bonchev–Trinajstić information content (AvgIpc) is 2.73. The van der Waals surface area contributed by atoms with Crippen LogP contribution in [0.5, 0.6) is 0 Å². The van der Waals surface area contributed by atoms with Gasteiger partial charge in [0.2, 0.25) is 0 Å². The number of nitrogens with one attached hydrogen (secondary N) is 1. The lowest BCUT2D eigenvalue weighted by atomic mass is 10.2. The molecule has 0 saturated heterocycles. The van der Waals surface area contributed by atoms with Crippen LogP contribution < -0.4 is 0 Å². The fraction of sp³-hybridized carbons (Fsp3) is 0.714. The highest BCUT2D eigenvalue weighted by Crippen LogP contribution is 2.05. The third-order valence-corrected chi connectivity index (χ3v) is 1.85. The van der Waals surface area contributed by atoms with E-state index < -0.39 is 0 Å². The van der Waals surface area contributed by atoms with Gasteiger partial charge in [-0.05, 0) is 25.0 Å². The molecular formula is C14H29N. The number of aryl methyl sites for hydroxylation is 2. The Morgan fingerprint density at radius 3 is 1.40 bits per heavy atom. The number of hydrogen-bond donors (Lipinski definition) is 1. The SMILES string of the molecule is CC.CC.CCCc1ccc(CCC)[nH]1. The Bertz CT molecular complexity index is 180. The van der Waals surface area contributed by atoms with Gasteiger partial charge in [-0.1, -0.05) is 54.4 Å². The van der Waals surface area contributed by atoms with Gasteiger partial charge >= 0.3 is 0 Å². The lowest BCUT2D eigenvalue weighted by Crippen LogP contribution is -1.85. The standard InChI is InChI=1S/C10H17N.2C2H6/c1-3-5-9-7-8-10(11-9)6-4-2;2*1-2/h7-8,11H,3-6H2,1-2H3;2*1-2H3. The van der Waals surface area contributed by atoms with E-state index in [0.717, 1.165) is 0 Å². The van der Waals surface area contributed by atoms with Gasteiger partial charge in [-0.3, -0.25) is 0 Å². The molecule has 0 aliphatic heterocycles. The fourth-order valence-corrected chi connectivity index (χ4v) is 1.32. The summed E-state index contributed by atoms with van der Waals surface area (Å²) in [5.41, 5.74) is 2.77. The quantitative estimate of drug-likeness (QED) is 0.723. The molecule has 0 radical (unpaired) electrons. The topological polar surface area (TPSA) is 15.8 Å². The van der Waals surface area contributed by atoms with Gasteiger partial charge < -0.3 is 4.98 Å². The average molecular weight is 211 g/mol. The minimum absolute atomic E-state index is 1.18. The largest absolute Gasteiger partial charge is 0.362 e. The summed E-state index contributed by atoms with van der Waals surface area (Å²) in [4.78, 5) is 3.42. The molecule has 0 saturated carbocycles. The molecule has 15 heavy (non-hydrogen) atoms. The summed E-state index contributed by atoms with van der Waals surface area (Å²) in [6, 6.07) is 4.41. The molecule has 0 aromatic carbocycles. The molecule has 0 spiro atoms. The molecule has 1 N–H and O–H groups in total. The second kappa shape index (κ2) is 13.3. The number of aromatic amines is 1. The van der Waals surface area contributed by atoms with E-state index in [9.17, 15) is 0 Å². The zero-order valence-corrected chi connectivity index (χ0v) is 11.5. The van der Waals surface area contributed by atoms with E-state index in [1.165, 1.54) is 37.1 Å². The first-order chi connectivity index (χ1) is 7.36. The lowest BCUT2D eigenvalue weighted by molar-refractivity contribution is 0.852. The summed E-state index contributed by atoms with van der Waals surface area (Å²) in [6.07, 6.45) is 4.82. The maximum absolute atomic E-state index is 3.42. The maximum atomic E-state index is 3.42. The third-order valence-electron chi connectivity index (χ3n) is 1.85. The molecule has 90 valence electrons. The number of hydrogen-bond acceptors (Lipinski definition) is 0. The Morgan fingerprint density at radius 1 is 0.800 bits per heavy atom. The highest BCUT2D eigenvalue weighted by molar-refractivity contribution is 5.13. The molecule has 1 rings (SSSR count). The van der Waals surface area contributed by atoms with Crippen molar-refractivity contribution in [2.45, 2.75) is 67.2 Å². The van der Waals surface area contributed by atoms with Crippen LogP contribution in [0.15, 0.2) is 12.1 Å². The minimum Gasteiger partial charge on any atom is -0.362 e. The predicted molar refractivity (Wildman–Crippen MR) is 71.5 cm³/mol. The van der Waals surface area contributed by atoms with E-state index >= 15 is 0 Å². The minimum atomic E-state index is 1.18. The molecule has 1 aromatic rings. The van der Waals surface area contributed by atoms with Crippen LogP contribution in [0.4, 0.5) is 0 Å². The summed E-state index contributed by atoms with van der Waals surface area (Å²) >= 11 is 0. The molecule has 0 amide bonds. The molecule has 0 atom stereocenters. The number of H-pyrrole nitrogens is 1. The number of aromatic nitrogens is 1. The smallest absolute Gasteiger partial charge is 0.0149 e. The Hall–Kier alpha value is -0.720. The molecule has 0 fully saturated rings. The van der Waals surface area contributed by atoms with Gasteiger partial charge in [0.25, 0.3) is 0 Å². The summed E-state index contributed by atoms with van der Waals surface area (Å²) in [5.74, 6) is 0. The van der Waals surface area contributed by atoms with E-state index in [-0.39, 0.29) is 0 Å². The highest BCUT2D eigenvalue weighted by Gasteiger charge is 1.95. The lowest BCUT2D eigenvalue weighted by Gasteiger charge is -1.93. The van der Waals surface area contributed by atoms with Crippen LogP contribution in [0.25, 0.3) is 0 Å². The van der Waals surface area contributed by atoms with E-state index in [1.54, 1.807) is 0 Å². The molecule has 0 bridgehead atoms. The summed E-state index contributed by atoms with van der Waals surface area (Å²) < 4.78 is 0. The van der Waals surface area contributed by atoms with E-state index in [0.29, 0.717) is 0 Å². The van der Waals surface area contributed by atoms with Crippen molar-refractivity contribution < 1.29 is 0 Å².